The molecule has 3 aromatic carbocycles. The smallest absolute Gasteiger partial charge is 0.339 e. The fraction of sp³-hybridized carbons (Fsp3) is 0.233. The molecular weight excluding hydrogens is 600 g/mol. The summed E-state index contributed by atoms with van der Waals surface area (Å²) in [6.07, 6.45) is 1.51. The van der Waals surface area contributed by atoms with Crippen LogP contribution in [0.25, 0.3) is 6.08 Å². The highest BCUT2D eigenvalue weighted by Crippen LogP contribution is 2.35. The van der Waals surface area contributed by atoms with Gasteiger partial charge >= 0.3 is 10.1 Å². The van der Waals surface area contributed by atoms with E-state index in [-0.39, 0.29) is 45.5 Å². The van der Waals surface area contributed by atoms with Gasteiger partial charge in [-0.15, -0.1) is 0 Å². The van der Waals surface area contributed by atoms with Gasteiger partial charge in [0.05, 0.1) is 16.5 Å². The first-order valence-corrected chi connectivity index (χ1v) is 15.5. The zero-order valence-electron chi connectivity index (χ0n) is 23.3. The Morgan fingerprint density at radius 1 is 1.05 bits per heavy atom. The molecule has 220 valence electrons. The second-order valence-corrected chi connectivity index (χ2v) is 12.8. The van der Waals surface area contributed by atoms with Crippen LogP contribution in [-0.2, 0) is 19.7 Å². The highest BCUT2D eigenvalue weighted by molar-refractivity contribution is 8.18. The van der Waals surface area contributed by atoms with E-state index in [0.29, 0.717) is 11.3 Å². The van der Waals surface area contributed by atoms with Crippen LogP contribution < -0.4 is 14.2 Å². The second-order valence-electron chi connectivity index (χ2n) is 9.81. The van der Waals surface area contributed by atoms with Gasteiger partial charge in [-0.1, -0.05) is 43.6 Å². The largest absolute Gasteiger partial charge is 0.491 e. The summed E-state index contributed by atoms with van der Waals surface area (Å²) in [6.45, 7) is 7.68. The first-order chi connectivity index (χ1) is 19.8. The fourth-order valence-electron chi connectivity index (χ4n) is 4.08. The van der Waals surface area contributed by atoms with Gasteiger partial charge in [0.2, 0.25) is 5.91 Å². The molecule has 1 aliphatic rings. The van der Waals surface area contributed by atoms with E-state index in [1.807, 2.05) is 25.1 Å². The average molecular weight is 629 g/mol. The maximum absolute atomic E-state index is 13.0. The summed E-state index contributed by atoms with van der Waals surface area (Å²) in [6, 6.07) is 15.8. The van der Waals surface area contributed by atoms with Crippen LogP contribution in [0.5, 0.6) is 11.5 Å². The van der Waals surface area contributed by atoms with Crippen molar-refractivity contribution in [1.29, 1.82) is 0 Å². The van der Waals surface area contributed by atoms with E-state index in [4.69, 9.17) is 20.5 Å². The van der Waals surface area contributed by atoms with Gasteiger partial charge in [0.1, 0.15) is 17.3 Å². The standard InChI is InChI=1S/C30H29ClN2O7S2/c1-18(2)24-11-5-19(3)15-27(24)39-14-13-33-29(35)28(41-30(33)36)17-21-6-12-26(25(31)16-21)40-42(37,38)23-9-7-22(8-10-23)32-20(4)34/h5-12,15-18H,13-14H2,1-4H3,(H,32,34)/b28-17-. The predicted molar refractivity (Wildman–Crippen MR) is 163 cm³/mol. The number of hydrogen-bond acceptors (Lipinski definition) is 8. The number of carbonyl (C=O) groups is 3. The monoisotopic (exact) mass is 628 g/mol. The van der Waals surface area contributed by atoms with Gasteiger partial charge in [0.25, 0.3) is 11.1 Å². The quantitative estimate of drug-likeness (QED) is 0.197. The number of anilines is 1. The number of ether oxygens (including phenoxy) is 1. The highest BCUT2D eigenvalue weighted by Gasteiger charge is 2.35. The summed E-state index contributed by atoms with van der Waals surface area (Å²) in [4.78, 5) is 37.9. The van der Waals surface area contributed by atoms with Gasteiger partial charge < -0.3 is 14.2 Å². The first-order valence-electron chi connectivity index (χ1n) is 12.9. The molecule has 3 amide bonds. The molecule has 1 aliphatic heterocycles. The Labute approximate surface area is 254 Å². The maximum atomic E-state index is 13.0. The molecule has 0 radical (unpaired) electrons. The molecule has 0 aromatic heterocycles. The normalized spacial score (nSPS) is 14.5. The Balaban J connectivity index is 1.41. The van der Waals surface area contributed by atoms with Crippen molar-refractivity contribution in [2.45, 2.75) is 38.5 Å². The summed E-state index contributed by atoms with van der Waals surface area (Å²) in [5.41, 5.74) is 3.01. The molecule has 0 unspecified atom stereocenters. The van der Waals surface area contributed by atoms with Gasteiger partial charge in [-0.2, -0.15) is 8.42 Å². The summed E-state index contributed by atoms with van der Waals surface area (Å²) < 4.78 is 36.6. The molecular formula is C30H29ClN2O7S2. The van der Waals surface area contributed by atoms with Crippen molar-refractivity contribution in [2.75, 3.05) is 18.5 Å². The molecule has 1 N–H and O–H groups in total. The number of nitrogens with one attached hydrogen (secondary N) is 1. The van der Waals surface area contributed by atoms with E-state index in [0.717, 1.165) is 33.5 Å². The van der Waals surface area contributed by atoms with Crippen LogP contribution in [0.15, 0.2) is 70.5 Å². The van der Waals surface area contributed by atoms with E-state index < -0.39 is 21.3 Å². The third-order valence-corrected chi connectivity index (χ3v) is 8.60. The third-order valence-electron chi connectivity index (χ3n) is 6.15. The van der Waals surface area contributed by atoms with Crippen LogP contribution in [0.4, 0.5) is 10.5 Å². The average Bonchev–Trinajstić information content (AvgIpc) is 3.17. The molecule has 0 atom stereocenters. The SMILES string of the molecule is CC(=O)Nc1ccc(S(=O)(=O)Oc2ccc(/C=C3\SC(=O)N(CCOc4cc(C)ccc4C(C)C)C3=O)cc2Cl)cc1. The van der Waals surface area contributed by atoms with E-state index in [9.17, 15) is 22.8 Å². The zero-order valence-corrected chi connectivity index (χ0v) is 25.7. The predicted octanol–water partition coefficient (Wildman–Crippen LogP) is 6.61. The van der Waals surface area contributed by atoms with Crippen LogP contribution in [-0.4, -0.2) is 43.5 Å². The van der Waals surface area contributed by atoms with Crippen molar-refractivity contribution in [2.24, 2.45) is 0 Å². The molecule has 0 saturated carbocycles. The number of rotatable bonds is 10. The lowest BCUT2D eigenvalue weighted by Gasteiger charge is -2.17. The van der Waals surface area contributed by atoms with Gasteiger partial charge in [-0.05, 0) is 89.8 Å². The Kier molecular flexibility index (Phi) is 9.65. The molecule has 0 bridgehead atoms. The first kappa shape index (κ1) is 31.1. The molecule has 1 saturated heterocycles. The van der Waals surface area contributed by atoms with E-state index >= 15 is 0 Å². The number of amides is 3. The van der Waals surface area contributed by atoms with Crippen molar-refractivity contribution < 1.29 is 31.7 Å². The lowest BCUT2D eigenvalue weighted by Crippen LogP contribution is -2.32. The van der Waals surface area contributed by atoms with Gasteiger partial charge in [-0.3, -0.25) is 19.3 Å². The number of halogens is 1. The second kappa shape index (κ2) is 13.0. The van der Waals surface area contributed by atoms with Crippen LogP contribution in [0.3, 0.4) is 0 Å². The molecule has 0 spiro atoms. The summed E-state index contributed by atoms with van der Waals surface area (Å²) in [7, 11) is -4.21. The molecule has 1 heterocycles. The number of benzene rings is 3. The van der Waals surface area contributed by atoms with Gasteiger partial charge in [0, 0.05) is 12.6 Å². The van der Waals surface area contributed by atoms with Gasteiger partial charge in [-0.25, -0.2) is 0 Å². The lowest BCUT2D eigenvalue weighted by atomic mass is 10.0. The van der Waals surface area contributed by atoms with E-state index in [2.05, 4.69) is 19.2 Å². The maximum Gasteiger partial charge on any atom is 0.339 e. The number of carbonyl (C=O) groups excluding carboxylic acids is 3. The molecule has 4 rings (SSSR count). The molecule has 9 nitrogen and oxygen atoms in total. The van der Waals surface area contributed by atoms with Crippen molar-refractivity contribution >= 4 is 62.3 Å². The minimum atomic E-state index is -4.21. The molecule has 1 fully saturated rings. The molecule has 42 heavy (non-hydrogen) atoms. The van der Waals surface area contributed by atoms with Crippen LogP contribution in [0.1, 0.15) is 43.4 Å². The zero-order chi connectivity index (χ0) is 30.6. The lowest BCUT2D eigenvalue weighted by molar-refractivity contribution is -0.123. The minimum Gasteiger partial charge on any atom is -0.491 e. The van der Waals surface area contributed by atoms with Crippen LogP contribution in [0.2, 0.25) is 5.02 Å². The Bertz CT molecular complexity index is 1670. The third kappa shape index (κ3) is 7.53. The van der Waals surface area contributed by atoms with Crippen molar-refractivity contribution in [3.05, 3.63) is 87.3 Å². The Morgan fingerprint density at radius 2 is 1.76 bits per heavy atom. The molecule has 12 heteroatoms. The van der Waals surface area contributed by atoms with Crippen molar-refractivity contribution in [3.8, 4) is 11.5 Å². The van der Waals surface area contributed by atoms with Crippen molar-refractivity contribution in [1.82, 2.24) is 4.90 Å². The van der Waals surface area contributed by atoms with Crippen LogP contribution >= 0.6 is 23.4 Å². The topological polar surface area (TPSA) is 119 Å². The van der Waals surface area contributed by atoms with Gasteiger partial charge in [0.15, 0.2) is 5.75 Å². The number of imide groups is 1. The fourth-order valence-corrected chi connectivity index (χ4v) is 6.17. The summed E-state index contributed by atoms with van der Waals surface area (Å²) in [5.74, 6) is 0.136. The van der Waals surface area contributed by atoms with Crippen molar-refractivity contribution in [3.63, 3.8) is 0 Å². The molecule has 0 aliphatic carbocycles. The number of thioether (sulfide) groups is 1. The Hall–Kier alpha value is -3.80. The number of nitrogens with zero attached hydrogens (tertiary/aromatic N) is 1. The minimum absolute atomic E-state index is 0.00562. The van der Waals surface area contributed by atoms with E-state index in [1.54, 1.807) is 0 Å². The van der Waals surface area contributed by atoms with Crippen LogP contribution in [0, 0.1) is 6.92 Å². The highest BCUT2D eigenvalue weighted by atomic mass is 35.5. The number of hydrogen-bond donors (Lipinski definition) is 1. The summed E-state index contributed by atoms with van der Waals surface area (Å²) in [5, 5.41) is 2.14. The molecule has 3 aromatic rings. The summed E-state index contributed by atoms with van der Waals surface area (Å²) >= 11 is 7.11. The Morgan fingerprint density at radius 3 is 2.40 bits per heavy atom. The number of aryl methyl sites for hydroxylation is 1. The van der Waals surface area contributed by atoms with E-state index in [1.165, 1.54) is 55.5 Å².